The number of aromatic nitrogens is 4. The molecule has 90 valence electrons. The SMILES string of the molecule is Nc1cc(Cl)ccc1Sc1ncnc2nc[nH]c12. The van der Waals surface area contributed by atoms with Crippen LogP contribution in [0.15, 0.2) is 40.8 Å². The topological polar surface area (TPSA) is 80.5 Å². The van der Waals surface area contributed by atoms with Gasteiger partial charge in [-0.25, -0.2) is 15.0 Å². The van der Waals surface area contributed by atoms with Gasteiger partial charge in [0.1, 0.15) is 16.9 Å². The summed E-state index contributed by atoms with van der Waals surface area (Å²) < 4.78 is 0. The first-order chi connectivity index (χ1) is 8.74. The smallest absolute Gasteiger partial charge is 0.181 e. The molecular formula is C11H8ClN5S. The van der Waals surface area contributed by atoms with Crippen molar-refractivity contribution >= 4 is 40.2 Å². The van der Waals surface area contributed by atoms with E-state index in [2.05, 4.69) is 19.9 Å². The van der Waals surface area contributed by atoms with Gasteiger partial charge in [-0.15, -0.1) is 0 Å². The van der Waals surface area contributed by atoms with Gasteiger partial charge in [-0.1, -0.05) is 23.4 Å². The standard InChI is InChI=1S/C11H8ClN5S/c12-6-1-2-8(7(13)3-6)18-11-9-10(15-4-14-9)16-5-17-11/h1-5H,13H2,(H,14,15,16,17). The summed E-state index contributed by atoms with van der Waals surface area (Å²) in [5.74, 6) is 0. The van der Waals surface area contributed by atoms with Gasteiger partial charge < -0.3 is 10.7 Å². The molecule has 0 radical (unpaired) electrons. The average molecular weight is 278 g/mol. The Bertz CT molecular complexity index is 711. The van der Waals surface area contributed by atoms with Crippen LogP contribution >= 0.6 is 23.4 Å². The van der Waals surface area contributed by atoms with Crippen LogP contribution in [0.3, 0.4) is 0 Å². The Morgan fingerprint density at radius 3 is 2.94 bits per heavy atom. The highest BCUT2D eigenvalue weighted by molar-refractivity contribution is 7.99. The number of fused-ring (bicyclic) bond motifs is 1. The zero-order chi connectivity index (χ0) is 12.5. The molecule has 2 heterocycles. The summed E-state index contributed by atoms with van der Waals surface area (Å²) in [6.07, 6.45) is 3.08. The second-order valence-corrected chi connectivity index (χ2v) is 5.03. The van der Waals surface area contributed by atoms with E-state index in [1.807, 2.05) is 6.07 Å². The zero-order valence-corrected chi connectivity index (χ0v) is 10.7. The van der Waals surface area contributed by atoms with Crippen LogP contribution in [-0.2, 0) is 0 Å². The van der Waals surface area contributed by atoms with Gasteiger partial charge in [0.15, 0.2) is 5.65 Å². The first-order valence-electron chi connectivity index (χ1n) is 5.11. The van der Waals surface area contributed by atoms with Crippen LogP contribution in [0, 0.1) is 0 Å². The normalized spacial score (nSPS) is 10.9. The number of hydrogen-bond donors (Lipinski definition) is 2. The molecule has 0 aliphatic carbocycles. The number of nitrogens with one attached hydrogen (secondary N) is 1. The third-order valence-corrected chi connectivity index (χ3v) is 3.70. The summed E-state index contributed by atoms with van der Waals surface area (Å²) in [4.78, 5) is 16.3. The quantitative estimate of drug-likeness (QED) is 0.556. The molecular weight excluding hydrogens is 270 g/mol. The van der Waals surface area contributed by atoms with Crippen LogP contribution in [0.4, 0.5) is 5.69 Å². The van der Waals surface area contributed by atoms with Crippen LogP contribution in [-0.4, -0.2) is 19.9 Å². The first kappa shape index (κ1) is 11.3. The van der Waals surface area contributed by atoms with Crippen molar-refractivity contribution in [1.82, 2.24) is 19.9 Å². The number of nitrogen functional groups attached to an aromatic ring is 1. The van der Waals surface area contributed by atoms with Crippen LogP contribution < -0.4 is 5.73 Å². The lowest BCUT2D eigenvalue weighted by Gasteiger charge is -2.05. The van der Waals surface area contributed by atoms with Crippen molar-refractivity contribution in [3.63, 3.8) is 0 Å². The molecule has 5 nitrogen and oxygen atoms in total. The Balaban J connectivity index is 2.03. The van der Waals surface area contributed by atoms with Crippen LogP contribution in [0.5, 0.6) is 0 Å². The van der Waals surface area contributed by atoms with Crippen molar-refractivity contribution in [1.29, 1.82) is 0 Å². The van der Waals surface area contributed by atoms with E-state index in [4.69, 9.17) is 17.3 Å². The molecule has 1 aromatic carbocycles. The Labute approximate surface area is 112 Å². The van der Waals surface area contributed by atoms with Crippen molar-refractivity contribution in [3.05, 3.63) is 35.9 Å². The number of hydrogen-bond acceptors (Lipinski definition) is 5. The fraction of sp³-hybridized carbons (Fsp3) is 0. The van der Waals surface area contributed by atoms with E-state index in [0.29, 0.717) is 16.4 Å². The molecule has 0 bridgehead atoms. The zero-order valence-electron chi connectivity index (χ0n) is 9.09. The van der Waals surface area contributed by atoms with Gasteiger partial charge in [0.25, 0.3) is 0 Å². The van der Waals surface area contributed by atoms with Crippen LogP contribution in [0.1, 0.15) is 0 Å². The summed E-state index contributed by atoms with van der Waals surface area (Å²) in [5.41, 5.74) is 7.98. The molecule has 2 aromatic heterocycles. The van der Waals surface area contributed by atoms with E-state index >= 15 is 0 Å². The van der Waals surface area contributed by atoms with E-state index in [9.17, 15) is 0 Å². The highest BCUT2D eigenvalue weighted by Crippen LogP contribution is 2.34. The predicted molar refractivity (Wildman–Crippen MR) is 71.7 cm³/mol. The number of anilines is 1. The molecule has 0 aliphatic heterocycles. The van der Waals surface area contributed by atoms with Gasteiger partial charge in [-0.05, 0) is 18.2 Å². The maximum Gasteiger partial charge on any atom is 0.181 e. The fourth-order valence-electron chi connectivity index (χ4n) is 1.54. The Kier molecular flexibility index (Phi) is 2.81. The van der Waals surface area contributed by atoms with E-state index in [1.165, 1.54) is 18.1 Å². The van der Waals surface area contributed by atoms with Gasteiger partial charge in [0, 0.05) is 15.6 Å². The molecule has 3 N–H and O–H groups in total. The maximum absolute atomic E-state index is 5.91. The Morgan fingerprint density at radius 2 is 2.11 bits per heavy atom. The lowest BCUT2D eigenvalue weighted by molar-refractivity contribution is 1.08. The third kappa shape index (κ3) is 2.00. The molecule has 18 heavy (non-hydrogen) atoms. The van der Waals surface area contributed by atoms with E-state index in [0.717, 1.165) is 15.4 Å². The molecule has 0 unspecified atom stereocenters. The number of H-pyrrole nitrogens is 1. The van der Waals surface area contributed by atoms with Crippen molar-refractivity contribution in [2.24, 2.45) is 0 Å². The molecule has 3 rings (SSSR count). The van der Waals surface area contributed by atoms with Gasteiger partial charge in [0.2, 0.25) is 0 Å². The molecule has 0 saturated carbocycles. The van der Waals surface area contributed by atoms with Gasteiger partial charge >= 0.3 is 0 Å². The summed E-state index contributed by atoms with van der Waals surface area (Å²) in [6, 6.07) is 5.38. The van der Waals surface area contributed by atoms with E-state index in [-0.39, 0.29) is 0 Å². The van der Waals surface area contributed by atoms with Crippen LogP contribution in [0.25, 0.3) is 11.2 Å². The Hall–Kier alpha value is -1.79. The summed E-state index contributed by atoms with van der Waals surface area (Å²) >= 11 is 7.32. The molecule has 3 aromatic rings. The molecule has 7 heteroatoms. The molecule has 0 atom stereocenters. The molecule has 0 aliphatic rings. The number of aromatic amines is 1. The maximum atomic E-state index is 5.91. The largest absolute Gasteiger partial charge is 0.398 e. The van der Waals surface area contributed by atoms with Crippen molar-refractivity contribution < 1.29 is 0 Å². The first-order valence-corrected chi connectivity index (χ1v) is 6.30. The van der Waals surface area contributed by atoms with Crippen molar-refractivity contribution in [2.75, 3.05) is 5.73 Å². The number of nitrogens with zero attached hydrogens (tertiary/aromatic N) is 3. The second-order valence-electron chi connectivity index (χ2n) is 3.56. The Morgan fingerprint density at radius 1 is 1.22 bits per heavy atom. The minimum absolute atomic E-state index is 0.617. The second kappa shape index (κ2) is 4.47. The number of halogens is 1. The number of imidazole rings is 1. The molecule has 0 saturated heterocycles. The van der Waals surface area contributed by atoms with Gasteiger partial charge in [0.05, 0.1) is 6.33 Å². The summed E-state index contributed by atoms with van der Waals surface area (Å²) in [6.45, 7) is 0. The van der Waals surface area contributed by atoms with Crippen molar-refractivity contribution in [2.45, 2.75) is 9.92 Å². The molecule has 0 spiro atoms. The average Bonchev–Trinajstić information content (AvgIpc) is 2.82. The summed E-state index contributed by atoms with van der Waals surface area (Å²) in [5, 5.41) is 1.40. The number of rotatable bonds is 2. The lowest BCUT2D eigenvalue weighted by atomic mass is 10.3. The number of nitrogens with two attached hydrogens (primary N) is 1. The minimum Gasteiger partial charge on any atom is -0.398 e. The van der Waals surface area contributed by atoms with E-state index < -0.39 is 0 Å². The fourth-order valence-corrected chi connectivity index (χ4v) is 2.59. The lowest BCUT2D eigenvalue weighted by Crippen LogP contribution is -1.90. The minimum atomic E-state index is 0.617. The van der Waals surface area contributed by atoms with E-state index in [1.54, 1.807) is 18.5 Å². The highest BCUT2D eigenvalue weighted by Gasteiger charge is 2.09. The van der Waals surface area contributed by atoms with Crippen LogP contribution in [0.2, 0.25) is 5.02 Å². The monoisotopic (exact) mass is 277 g/mol. The highest BCUT2D eigenvalue weighted by atomic mass is 35.5. The van der Waals surface area contributed by atoms with Gasteiger partial charge in [-0.2, -0.15) is 0 Å². The number of benzene rings is 1. The van der Waals surface area contributed by atoms with Gasteiger partial charge in [-0.3, -0.25) is 0 Å². The molecule has 0 fully saturated rings. The summed E-state index contributed by atoms with van der Waals surface area (Å²) in [7, 11) is 0. The van der Waals surface area contributed by atoms with Crippen molar-refractivity contribution in [3.8, 4) is 0 Å². The predicted octanol–water partition coefficient (Wildman–Crippen LogP) is 2.74. The third-order valence-electron chi connectivity index (χ3n) is 2.37. The molecule has 0 amide bonds.